The van der Waals surface area contributed by atoms with Crippen LogP contribution in [0.5, 0.6) is 5.75 Å². The second-order valence-corrected chi connectivity index (χ2v) is 9.78. The van der Waals surface area contributed by atoms with Gasteiger partial charge >= 0.3 is 0 Å². The van der Waals surface area contributed by atoms with Crippen molar-refractivity contribution in [2.45, 2.75) is 45.7 Å². The van der Waals surface area contributed by atoms with Crippen LogP contribution in [0.15, 0.2) is 66.7 Å². The van der Waals surface area contributed by atoms with Crippen molar-refractivity contribution in [3.8, 4) is 5.75 Å². The minimum absolute atomic E-state index is 0.0511. The molecule has 1 unspecified atom stereocenters. The van der Waals surface area contributed by atoms with Crippen molar-refractivity contribution in [2.75, 3.05) is 13.2 Å². The minimum Gasteiger partial charge on any atom is -0.484 e. The third-order valence-corrected chi connectivity index (χ3v) is 6.89. The van der Waals surface area contributed by atoms with Crippen LogP contribution in [-0.2, 0) is 22.6 Å². The summed E-state index contributed by atoms with van der Waals surface area (Å²) in [4.78, 5) is 27.6. The summed E-state index contributed by atoms with van der Waals surface area (Å²) < 4.78 is 5.89. The van der Waals surface area contributed by atoms with Gasteiger partial charge in [0.15, 0.2) is 6.61 Å². The van der Waals surface area contributed by atoms with Crippen molar-refractivity contribution in [2.24, 2.45) is 5.92 Å². The Kier molecular flexibility index (Phi) is 6.58. The molecule has 1 aliphatic carbocycles. The molecular weight excluding hydrogens is 436 g/mol. The average molecular weight is 469 g/mol. The number of hydrogen-bond donors (Lipinski definition) is 1. The summed E-state index contributed by atoms with van der Waals surface area (Å²) in [5, 5.41) is 2.92. The van der Waals surface area contributed by atoms with Gasteiger partial charge in [0.05, 0.1) is 6.04 Å². The molecule has 0 radical (unpaired) electrons. The molecule has 5 heteroatoms. The minimum atomic E-state index is -0.162. The number of fused-ring (bicyclic) bond motifs is 1. The predicted molar refractivity (Wildman–Crippen MR) is 136 cm³/mol. The number of nitrogens with zero attached hydrogens (tertiary/aromatic N) is 1. The second-order valence-electron chi connectivity index (χ2n) is 9.78. The first-order chi connectivity index (χ1) is 17.0. The second kappa shape index (κ2) is 9.95. The molecule has 0 bridgehead atoms. The number of ether oxygens (including phenoxy) is 1. The van der Waals surface area contributed by atoms with Gasteiger partial charge in [-0.15, -0.1) is 0 Å². The van der Waals surface area contributed by atoms with E-state index in [-0.39, 0.29) is 30.4 Å². The normalized spacial score (nSPS) is 17.0. The number of hydrogen-bond acceptors (Lipinski definition) is 3. The van der Waals surface area contributed by atoms with Gasteiger partial charge in [0, 0.05) is 19.0 Å². The topological polar surface area (TPSA) is 58.6 Å². The van der Waals surface area contributed by atoms with Gasteiger partial charge in [-0.05, 0) is 67.5 Å². The van der Waals surface area contributed by atoms with Gasteiger partial charge in [-0.2, -0.15) is 0 Å². The van der Waals surface area contributed by atoms with Crippen LogP contribution >= 0.6 is 0 Å². The Morgan fingerprint density at radius 3 is 2.51 bits per heavy atom. The molecule has 2 aliphatic rings. The zero-order chi connectivity index (χ0) is 24.4. The molecule has 35 heavy (non-hydrogen) atoms. The maximum atomic E-state index is 13.2. The predicted octanol–water partition coefficient (Wildman–Crippen LogP) is 4.88. The molecule has 0 aromatic heterocycles. The standard InChI is InChI=1S/C30H32N2O3/c1-20-6-8-24(9-7-20)29-27-17-26(13-12-23(27)14-15-32(29)30(34)25-10-11-25)35-19-28(33)31-18-22-5-3-4-21(2)16-22/h3-9,12-13,16-17,25,29H,10-11,14-15,18-19H2,1-2H3,(H,31,33). The quantitative estimate of drug-likeness (QED) is 0.538. The number of rotatable bonds is 7. The van der Waals surface area contributed by atoms with Crippen LogP contribution in [-0.4, -0.2) is 29.9 Å². The van der Waals surface area contributed by atoms with E-state index in [9.17, 15) is 9.59 Å². The molecule has 1 atom stereocenters. The van der Waals surface area contributed by atoms with Gasteiger partial charge in [0.25, 0.3) is 5.91 Å². The fourth-order valence-electron chi connectivity index (χ4n) is 4.82. The van der Waals surface area contributed by atoms with Crippen LogP contribution in [0.2, 0.25) is 0 Å². The lowest BCUT2D eigenvalue weighted by molar-refractivity contribution is -0.134. The summed E-state index contributed by atoms with van der Waals surface area (Å²) in [7, 11) is 0. The highest BCUT2D eigenvalue weighted by molar-refractivity contribution is 5.82. The Morgan fingerprint density at radius 1 is 0.971 bits per heavy atom. The average Bonchev–Trinajstić information content (AvgIpc) is 3.71. The maximum absolute atomic E-state index is 13.2. The molecule has 5 rings (SSSR count). The maximum Gasteiger partial charge on any atom is 0.258 e. The monoisotopic (exact) mass is 468 g/mol. The smallest absolute Gasteiger partial charge is 0.258 e. The molecule has 0 spiro atoms. The Labute approximate surface area is 207 Å². The lowest BCUT2D eigenvalue weighted by Gasteiger charge is -2.38. The summed E-state index contributed by atoms with van der Waals surface area (Å²) in [5.74, 6) is 0.904. The summed E-state index contributed by atoms with van der Waals surface area (Å²) in [6, 6.07) is 22.4. The van der Waals surface area contributed by atoms with E-state index in [1.165, 1.54) is 16.7 Å². The van der Waals surface area contributed by atoms with E-state index < -0.39 is 0 Å². The van der Waals surface area contributed by atoms with Crippen molar-refractivity contribution in [1.29, 1.82) is 0 Å². The summed E-state index contributed by atoms with van der Waals surface area (Å²) in [5.41, 5.74) is 6.85. The number of aryl methyl sites for hydroxylation is 2. The highest BCUT2D eigenvalue weighted by atomic mass is 16.5. The van der Waals surface area contributed by atoms with Gasteiger partial charge in [0.2, 0.25) is 5.91 Å². The molecule has 3 aromatic rings. The van der Waals surface area contributed by atoms with Gasteiger partial charge in [0.1, 0.15) is 5.75 Å². The highest BCUT2D eigenvalue weighted by Gasteiger charge is 2.39. The Morgan fingerprint density at radius 2 is 1.77 bits per heavy atom. The molecular formula is C30H32N2O3. The van der Waals surface area contributed by atoms with E-state index in [2.05, 4.69) is 48.6 Å². The van der Waals surface area contributed by atoms with Gasteiger partial charge in [-0.3, -0.25) is 9.59 Å². The van der Waals surface area contributed by atoms with Crippen LogP contribution in [0, 0.1) is 19.8 Å². The zero-order valence-electron chi connectivity index (χ0n) is 20.4. The van der Waals surface area contributed by atoms with E-state index in [4.69, 9.17) is 4.74 Å². The molecule has 5 nitrogen and oxygen atoms in total. The van der Waals surface area contributed by atoms with Gasteiger partial charge in [-0.1, -0.05) is 65.7 Å². The molecule has 1 aliphatic heterocycles. The first-order valence-corrected chi connectivity index (χ1v) is 12.4. The number of benzene rings is 3. The molecule has 0 saturated heterocycles. The molecule has 1 fully saturated rings. The lowest BCUT2D eigenvalue weighted by atomic mass is 9.87. The van der Waals surface area contributed by atoms with E-state index in [0.29, 0.717) is 12.3 Å². The van der Waals surface area contributed by atoms with E-state index >= 15 is 0 Å². The summed E-state index contributed by atoms with van der Waals surface area (Å²) in [6.07, 6.45) is 2.81. The molecule has 3 aromatic carbocycles. The molecule has 2 amide bonds. The van der Waals surface area contributed by atoms with Gasteiger partial charge < -0.3 is 15.0 Å². The van der Waals surface area contributed by atoms with E-state index in [1.807, 2.05) is 42.2 Å². The number of amides is 2. The molecule has 1 saturated carbocycles. The van der Waals surface area contributed by atoms with Crippen LogP contribution in [0.3, 0.4) is 0 Å². The van der Waals surface area contributed by atoms with Crippen molar-refractivity contribution >= 4 is 11.8 Å². The van der Waals surface area contributed by atoms with Crippen molar-refractivity contribution < 1.29 is 14.3 Å². The summed E-state index contributed by atoms with van der Waals surface area (Å²) >= 11 is 0. The third-order valence-electron chi connectivity index (χ3n) is 6.89. The van der Waals surface area contributed by atoms with E-state index in [0.717, 1.165) is 42.5 Å². The summed E-state index contributed by atoms with van der Waals surface area (Å²) in [6.45, 7) is 5.25. The highest BCUT2D eigenvalue weighted by Crippen LogP contribution is 2.41. The van der Waals surface area contributed by atoms with E-state index in [1.54, 1.807) is 0 Å². The Hall–Kier alpha value is -3.60. The number of carbonyl (C=O) groups is 2. The first-order valence-electron chi connectivity index (χ1n) is 12.4. The number of nitrogens with one attached hydrogen (secondary N) is 1. The van der Waals surface area contributed by atoms with Crippen LogP contribution in [0.4, 0.5) is 0 Å². The fraction of sp³-hybridized carbons (Fsp3) is 0.333. The fourth-order valence-corrected chi connectivity index (χ4v) is 4.82. The molecule has 1 heterocycles. The van der Waals surface area contributed by atoms with Crippen LogP contribution < -0.4 is 10.1 Å². The Bertz CT molecular complexity index is 1230. The van der Waals surface area contributed by atoms with Crippen LogP contribution in [0.1, 0.15) is 52.3 Å². The Balaban J connectivity index is 1.32. The van der Waals surface area contributed by atoms with Crippen LogP contribution in [0.25, 0.3) is 0 Å². The van der Waals surface area contributed by atoms with Crippen molar-refractivity contribution in [1.82, 2.24) is 10.2 Å². The molecule has 1 N–H and O–H groups in total. The van der Waals surface area contributed by atoms with Crippen molar-refractivity contribution in [3.63, 3.8) is 0 Å². The lowest BCUT2D eigenvalue weighted by Crippen LogP contribution is -2.41. The van der Waals surface area contributed by atoms with Crippen molar-refractivity contribution in [3.05, 3.63) is 100 Å². The largest absolute Gasteiger partial charge is 0.484 e. The zero-order valence-corrected chi connectivity index (χ0v) is 20.4. The molecule has 180 valence electrons. The SMILES string of the molecule is Cc1ccc(C2c3cc(OCC(=O)NCc4cccc(C)c4)ccc3CCN2C(=O)C2CC2)cc1. The third kappa shape index (κ3) is 5.40. The number of carbonyl (C=O) groups excluding carboxylic acids is 2. The first kappa shape index (κ1) is 23.2. The van der Waals surface area contributed by atoms with Gasteiger partial charge in [-0.25, -0.2) is 0 Å².